The van der Waals surface area contributed by atoms with Crippen molar-refractivity contribution < 1.29 is 14.4 Å². The Kier molecular flexibility index (Phi) is 7.43. The fourth-order valence-corrected chi connectivity index (χ4v) is 6.14. The van der Waals surface area contributed by atoms with Gasteiger partial charge in [-0.1, -0.05) is 48.5 Å². The number of carbonyl (C=O) groups is 3. The third kappa shape index (κ3) is 5.01. The summed E-state index contributed by atoms with van der Waals surface area (Å²) in [6.07, 6.45) is 2.78. The zero-order chi connectivity index (χ0) is 26.9. The van der Waals surface area contributed by atoms with Crippen molar-refractivity contribution in [3.05, 3.63) is 65.7 Å². The number of carbonyl (C=O) groups excluding carboxylic acids is 3. The number of hydrogen-bond donors (Lipinski definition) is 2. The van der Waals surface area contributed by atoms with Crippen molar-refractivity contribution in [3.8, 4) is 0 Å². The van der Waals surface area contributed by atoms with Crippen LogP contribution in [0.5, 0.6) is 0 Å². The average Bonchev–Trinajstić information content (AvgIpc) is 3.50. The van der Waals surface area contributed by atoms with Crippen LogP contribution < -0.4 is 15.5 Å². The first-order valence-electron chi connectivity index (χ1n) is 13.8. The minimum atomic E-state index is -0.636. The molecule has 2 saturated heterocycles. The van der Waals surface area contributed by atoms with Crippen LogP contribution in [0.2, 0.25) is 0 Å². The molecule has 2 aromatic rings. The third-order valence-corrected chi connectivity index (χ3v) is 8.49. The van der Waals surface area contributed by atoms with Crippen LogP contribution >= 0.6 is 0 Å². The maximum atomic E-state index is 13.8. The number of amides is 4. The zero-order valence-electron chi connectivity index (χ0n) is 22.7. The molecule has 0 saturated carbocycles. The summed E-state index contributed by atoms with van der Waals surface area (Å²) >= 11 is 0. The molecule has 2 aromatic carbocycles. The first-order chi connectivity index (χ1) is 18.3. The van der Waals surface area contributed by atoms with Crippen LogP contribution in [-0.2, 0) is 21.4 Å². The lowest BCUT2D eigenvalue weighted by molar-refractivity contribution is -0.134. The molecule has 0 bridgehead atoms. The first kappa shape index (κ1) is 26.2. The highest BCUT2D eigenvalue weighted by atomic mass is 16.2. The summed E-state index contributed by atoms with van der Waals surface area (Å²) in [7, 11) is 1.91. The van der Waals surface area contributed by atoms with E-state index < -0.39 is 11.5 Å². The number of benzene rings is 2. The molecule has 8 heteroatoms. The molecule has 3 aliphatic rings. The molecule has 0 radical (unpaired) electrons. The molecule has 3 heterocycles. The van der Waals surface area contributed by atoms with Gasteiger partial charge in [-0.25, -0.2) is 4.79 Å². The van der Waals surface area contributed by atoms with Crippen LogP contribution in [0.25, 0.3) is 0 Å². The Hall–Kier alpha value is -3.39. The van der Waals surface area contributed by atoms with E-state index in [-0.39, 0.29) is 29.9 Å². The largest absolute Gasteiger partial charge is 0.341 e. The summed E-state index contributed by atoms with van der Waals surface area (Å²) in [5, 5.41) is 6.28. The maximum Gasteiger partial charge on any atom is 0.318 e. The van der Waals surface area contributed by atoms with Crippen LogP contribution in [0, 0.1) is 0 Å². The Bertz CT molecular complexity index is 1180. The lowest BCUT2D eigenvalue weighted by Crippen LogP contribution is -2.56. The molecule has 5 rings (SSSR count). The summed E-state index contributed by atoms with van der Waals surface area (Å²) in [6, 6.07) is 17.4. The fraction of sp³-hybridized carbons (Fsp3) is 0.500. The van der Waals surface area contributed by atoms with Crippen LogP contribution in [-0.4, -0.2) is 79.0 Å². The summed E-state index contributed by atoms with van der Waals surface area (Å²) in [4.78, 5) is 45.9. The number of para-hydroxylation sites is 1. The number of urea groups is 1. The van der Waals surface area contributed by atoms with Crippen LogP contribution in [0.3, 0.4) is 0 Å². The van der Waals surface area contributed by atoms with Gasteiger partial charge in [-0.2, -0.15) is 0 Å². The highest BCUT2D eigenvalue weighted by molar-refractivity contribution is 6.08. The van der Waals surface area contributed by atoms with Gasteiger partial charge in [-0.3, -0.25) is 9.59 Å². The molecule has 202 valence electrons. The number of hydrogen-bond acceptors (Lipinski definition) is 4. The van der Waals surface area contributed by atoms with E-state index in [1.54, 1.807) is 4.90 Å². The molecular weight excluding hydrogens is 478 g/mol. The van der Waals surface area contributed by atoms with Gasteiger partial charge in [0.25, 0.3) is 0 Å². The van der Waals surface area contributed by atoms with Gasteiger partial charge in [-0.15, -0.1) is 0 Å². The van der Waals surface area contributed by atoms with Crippen molar-refractivity contribution in [1.82, 2.24) is 20.4 Å². The second-order valence-electron chi connectivity index (χ2n) is 11.3. The summed E-state index contributed by atoms with van der Waals surface area (Å²) in [6.45, 7) is 6.41. The minimum Gasteiger partial charge on any atom is -0.341 e. The molecule has 4 amide bonds. The van der Waals surface area contributed by atoms with E-state index in [2.05, 4.69) is 10.6 Å². The minimum absolute atomic E-state index is 0.0553. The van der Waals surface area contributed by atoms with Crippen molar-refractivity contribution >= 4 is 23.5 Å². The first-order valence-corrected chi connectivity index (χ1v) is 13.8. The molecule has 0 spiro atoms. The van der Waals surface area contributed by atoms with Gasteiger partial charge in [0.1, 0.15) is 6.04 Å². The maximum absolute atomic E-state index is 13.8. The molecule has 2 fully saturated rings. The third-order valence-electron chi connectivity index (χ3n) is 8.49. The van der Waals surface area contributed by atoms with Crippen molar-refractivity contribution in [2.24, 2.45) is 0 Å². The molecule has 8 nitrogen and oxygen atoms in total. The van der Waals surface area contributed by atoms with E-state index in [9.17, 15) is 14.4 Å². The van der Waals surface area contributed by atoms with Crippen molar-refractivity contribution in [2.75, 3.05) is 38.1 Å². The monoisotopic (exact) mass is 517 g/mol. The number of nitrogens with one attached hydrogen (secondary N) is 2. The van der Waals surface area contributed by atoms with E-state index in [1.165, 1.54) is 0 Å². The molecule has 0 aromatic heterocycles. The number of piperidine rings is 1. The smallest absolute Gasteiger partial charge is 0.318 e. The predicted octanol–water partition coefficient (Wildman–Crippen LogP) is 2.92. The quantitative estimate of drug-likeness (QED) is 0.617. The number of rotatable bonds is 6. The predicted molar refractivity (Wildman–Crippen MR) is 148 cm³/mol. The van der Waals surface area contributed by atoms with E-state index in [0.29, 0.717) is 45.4 Å². The van der Waals surface area contributed by atoms with Gasteiger partial charge < -0.3 is 25.3 Å². The topological polar surface area (TPSA) is 85.0 Å². The Balaban J connectivity index is 1.27. The fourth-order valence-electron chi connectivity index (χ4n) is 6.14. The Morgan fingerprint density at radius 3 is 2.29 bits per heavy atom. The van der Waals surface area contributed by atoms with E-state index in [1.807, 2.05) is 85.3 Å². The van der Waals surface area contributed by atoms with Crippen LogP contribution in [0.1, 0.15) is 44.2 Å². The zero-order valence-corrected chi connectivity index (χ0v) is 22.7. The van der Waals surface area contributed by atoms with Gasteiger partial charge in [0, 0.05) is 50.4 Å². The molecule has 3 aliphatic heterocycles. The number of likely N-dealkylation sites (N-methyl/N-ethyl adjacent to an activating group) is 1. The summed E-state index contributed by atoms with van der Waals surface area (Å²) < 4.78 is 0. The van der Waals surface area contributed by atoms with Crippen LogP contribution in [0.4, 0.5) is 10.5 Å². The molecule has 0 aliphatic carbocycles. The normalized spacial score (nSPS) is 21.9. The lowest BCUT2D eigenvalue weighted by Gasteiger charge is -2.39. The molecular formula is C30H39N5O3. The second kappa shape index (κ2) is 10.8. The van der Waals surface area contributed by atoms with Gasteiger partial charge in [0.05, 0.1) is 5.41 Å². The van der Waals surface area contributed by atoms with Gasteiger partial charge in [0.2, 0.25) is 11.8 Å². The molecule has 2 atom stereocenters. The number of likely N-dealkylation sites (tertiary alicyclic amines) is 2. The van der Waals surface area contributed by atoms with E-state index in [0.717, 1.165) is 23.2 Å². The van der Waals surface area contributed by atoms with Gasteiger partial charge >= 0.3 is 6.03 Å². The number of nitrogens with zero attached hydrogens (tertiary/aromatic N) is 3. The van der Waals surface area contributed by atoms with E-state index in [4.69, 9.17) is 0 Å². The average molecular weight is 518 g/mol. The molecule has 38 heavy (non-hydrogen) atoms. The van der Waals surface area contributed by atoms with Crippen molar-refractivity contribution in [2.45, 2.75) is 63.1 Å². The number of fused-ring (bicyclic) bond motifs is 1. The van der Waals surface area contributed by atoms with Gasteiger partial charge in [-0.05, 0) is 57.4 Å². The van der Waals surface area contributed by atoms with Gasteiger partial charge in [0.15, 0.2) is 0 Å². The van der Waals surface area contributed by atoms with Crippen molar-refractivity contribution in [3.63, 3.8) is 0 Å². The summed E-state index contributed by atoms with van der Waals surface area (Å²) in [5.41, 5.74) is 2.52. The second-order valence-corrected chi connectivity index (χ2v) is 11.3. The lowest BCUT2D eigenvalue weighted by atomic mass is 9.86. The Morgan fingerprint density at radius 1 is 0.947 bits per heavy atom. The number of anilines is 1. The SMILES string of the molecule is CNC1CCN(C(=O)N[C@@H](Cc2ccccc2)C(=O)N2CCC(N3C(=O)C(C)(C)c4ccccc43)CC2)C1. The Labute approximate surface area is 225 Å². The Morgan fingerprint density at radius 2 is 1.61 bits per heavy atom. The van der Waals surface area contributed by atoms with Crippen molar-refractivity contribution in [1.29, 1.82) is 0 Å². The van der Waals surface area contributed by atoms with Crippen LogP contribution in [0.15, 0.2) is 54.6 Å². The molecule has 2 N–H and O–H groups in total. The highest BCUT2D eigenvalue weighted by Crippen LogP contribution is 2.43. The molecule has 1 unspecified atom stereocenters. The van der Waals surface area contributed by atoms with E-state index >= 15 is 0 Å². The standard InChI is InChI=1S/C30H39N5O3/c1-30(2)24-11-7-8-12-26(24)35(28(30)37)23-14-17-33(18-15-23)27(36)25(19-21-9-5-4-6-10-21)32-29(38)34-16-13-22(20-34)31-3/h4-12,22-23,25,31H,13-20H2,1-3H3,(H,32,38)/t22?,25-/m0/s1. The highest BCUT2D eigenvalue weighted by Gasteiger charge is 2.47. The summed E-state index contributed by atoms with van der Waals surface area (Å²) in [5.74, 6) is 0.0710.